The molecule has 82 valence electrons. The van der Waals surface area contributed by atoms with Gasteiger partial charge >= 0.3 is 0 Å². The lowest BCUT2D eigenvalue weighted by Gasteiger charge is -2.46. The molecule has 1 saturated carbocycles. The van der Waals surface area contributed by atoms with Gasteiger partial charge in [0.1, 0.15) is 0 Å². The highest BCUT2D eigenvalue weighted by molar-refractivity contribution is 6.30. The van der Waals surface area contributed by atoms with Crippen molar-refractivity contribution in [1.82, 2.24) is 0 Å². The van der Waals surface area contributed by atoms with Crippen LogP contribution in [0.4, 0.5) is 0 Å². The van der Waals surface area contributed by atoms with Crippen LogP contribution in [0.15, 0.2) is 24.3 Å². The molecule has 0 aliphatic heterocycles. The SMILES string of the molecule is CC[C@H](O)C1(c2ccc(Cl)cc2)CCC1. The fraction of sp³-hybridized carbons (Fsp3) is 0.538. The maximum absolute atomic E-state index is 10.1. The number of halogens is 1. The molecule has 0 unspecified atom stereocenters. The Labute approximate surface area is 96.1 Å². The van der Waals surface area contributed by atoms with Crippen molar-refractivity contribution < 1.29 is 5.11 Å². The molecule has 1 atom stereocenters. The minimum absolute atomic E-state index is 0.0132. The number of rotatable bonds is 3. The number of aliphatic hydroxyl groups is 1. The predicted octanol–water partition coefficient (Wildman–Crippen LogP) is 3.53. The zero-order valence-electron chi connectivity index (χ0n) is 9.04. The van der Waals surface area contributed by atoms with E-state index in [1.165, 1.54) is 12.0 Å². The highest BCUT2D eigenvalue weighted by atomic mass is 35.5. The number of hydrogen-bond acceptors (Lipinski definition) is 1. The second-order valence-corrected chi connectivity index (χ2v) is 4.88. The number of hydrogen-bond donors (Lipinski definition) is 1. The van der Waals surface area contributed by atoms with Crippen LogP contribution in [0, 0.1) is 0 Å². The van der Waals surface area contributed by atoms with E-state index < -0.39 is 0 Å². The second-order valence-electron chi connectivity index (χ2n) is 4.44. The van der Waals surface area contributed by atoms with Gasteiger partial charge in [-0.25, -0.2) is 0 Å². The topological polar surface area (TPSA) is 20.2 Å². The van der Waals surface area contributed by atoms with Crippen LogP contribution in [0.3, 0.4) is 0 Å². The molecule has 2 rings (SSSR count). The van der Waals surface area contributed by atoms with Gasteiger partial charge in [-0.1, -0.05) is 37.1 Å². The van der Waals surface area contributed by atoms with E-state index in [2.05, 4.69) is 12.1 Å². The molecule has 1 nitrogen and oxygen atoms in total. The fourth-order valence-electron chi connectivity index (χ4n) is 2.54. The molecule has 0 heterocycles. The highest BCUT2D eigenvalue weighted by Gasteiger charge is 2.43. The smallest absolute Gasteiger partial charge is 0.0634 e. The third kappa shape index (κ3) is 1.79. The third-order valence-electron chi connectivity index (χ3n) is 3.69. The van der Waals surface area contributed by atoms with Crippen molar-refractivity contribution >= 4 is 11.6 Å². The van der Waals surface area contributed by atoms with Gasteiger partial charge in [0.05, 0.1) is 6.10 Å². The summed E-state index contributed by atoms with van der Waals surface area (Å²) in [5.41, 5.74) is 1.26. The van der Waals surface area contributed by atoms with E-state index >= 15 is 0 Å². The first-order chi connectivity index (χ1) is 7.19. The second kappa shape index (κ2) is 4.15. The van der Waals surface area contributed by atoms with E-state index in [0.29, 0.717) is 0 Å². The molecule has 15 heavy (non-hydrogen) atoms. The van der Waals surface area contributed by atoms with Crippen molar-refractivity contribution in [1.29, 1.82) is 0 Å². The normalized spacial score (nSPS) is 20.7. The number of benzene rings is 1. The summed E-state index contributed by atoms with van der Waals surface area (Å²) >= 11 is 5.87. The number of aliphatic hydroxyl groups excluding tert-OH is 1. The van der Waals surface area contributed by atoms with Gasteiger partial charge in [0.15, 0.2) is 0 Å². The van der Waals surface area contributed by atoms with E-state index in [1.807, 2.05) is 19.1 Å². The van der Waals surface area contributed by atoms with Gasteiger partial charge in [0.2, 0.25) is 0 Å². The van der Waals surface area contributed by atoms with E-state index in [0.717, 1.165) is 24.3 Å². The molecule has 1 aromatic rings. The summed E-state index contributed by atoms with van der Waals surface area (Å²) in [6, 6.07) is 7.94. The molecule has 2 heteroatoms. The van der Waals surface area contributed by atoms with Gasteiger partial charge in [0.25, 0.3) is 0 Å². The van der Waals surface area contributed by atoms with Crippen LogP contribution in [0.5, 0.6) is 0 Å². The van der Waals surface area contributed by atoms with Gasteiger partial charge in [-0.15, -0.1) is 0 Å². The van der Waals surface area contributed by atoms with Crippen molar-refractivity contribution in [3.05, 3.63) is 34.9 Å². The van der Waals surface area contributed by atoms with Crippen LogP contribution in [-0.2, 0) is 5.41 Å². The summed E-state index contributed by atoms with van der Waals surface area (Å²) in [6.07, 6.45) is 4.03. The summed E-state index contributed by atoms with van der Waals surface area (Å²) in [5, 5.41) is 10.9. The van der Waals surface area contributed by atoms with E-state index in [-0.39, 0.29) is 11.5 Å². The molecule has 0 amide bonds. The standard InChI is InChI=1S/C13H17ClO/c1-2-12(15)13(8-3-9-13)10-4-6-11(14)7-5-10/h4-7,12,15H,2-3,8-9H2,1H3/t12-/m0/s1. The molecule has 0 saturated heterocycles. The first-order valence-electron chi connectivity index (χ1n) is 5.63. The quantitative estimate of drug-likeness (QED) is 0.833. The lowest BCUT2D eigenvalue weighted by atomic mass is 9.60. The van der Waals surface area contributed by atoms with Crippen LogP contribution < -0.4 is 0 Å². The Kier molecular flexibility index (Phi) is 3.03. The van der Waals surface area contributed by atoms with Crippen molar-refractivity contribution in [3.63, 3.8) is 0 Å². The van der Waals surface area contributed by atoms with E-state index in [4.69, 9.17) is 11.6 Å². The Morgan fingerprint density at radius 2 is 1.93 bits per heavy atom. The lowest BCUT2D eigenvalue weighted by Crippen LogP contribution is -2.45. The first-order valence-corrected chi connectivity index (χ1v) is 6.01. The highest BCUT2D eigenvalue weighted by Crippen LogP contribution is 2.47. The molecule has 0 spiro atoms. The molecule has 1 aliphatic carbocycles. The fourth-order valence-corrected chi connectivity index (χ4v) is 2.67. The summed E-state index contributed by atoms with van der Waals surface area (Å²) < 4.78 is 0. The van der Waals surface area contributed by atoms with E-state index in [9.17, 15) is 5.11 Å². The zero-order valence-corrected chi connectivity index (χ0v) is 9.80. The maximum Gasteiger partial charge on any atom is 0.0634 e. The summed E-state index contributed by atoms with van der Waals surface area (Å²) in [7, 11) is 0. The van der Waals surface area contributed by atoms with E-state index in [1.54, 1.807) is 0 Å². The van der Waals surface area contributed by atoms with Crippen LogP contribution in [0.1, 0.15) is 38.2 Å². The third-order valence-corrected chi connectivity index (χ3v) is 3.94. The van der Waals surface area contributed by atoms with Gasteiger partial charge in [-0.05, 0) is 37.0 Å². The zero-order chi connectivity index (χ0) is 10.9. The maximum atomic E-state index is 10.1. The Bertz CT molecular complexity index is 327. The van der Waals surface area contributed by atoms with Crippen molar-refractivity contribution in [3.8, 4) is 0 Å². The Balaban J connectivity index is 2.30. The molecular formula is C13H17ClO. The summed E-state index contributed by atoms with van der Waals surface area (Å²) in [5.74, 6) is 0. The van der Waals surface area contributed by atoms with Crippen molar-refractivity contribution in [2.45, 2.75) is 44.1 Å². The largest absolute Gasteiger partial charge is 0.392 e. The van der Waals surface area contributed by atoms with Crippen LogP contribution in [0.2, 0.25) is 5.02 Å². The van der Waals surface area contributed by atoms with Crippen LogP contribution >= 0.6 is 11.6 Å². The molecular weight excluding hydrogens is 208 g/mol. The average molecular weight is 225 g/mol. The van der Waals surface area contributed by atoms with Crippen molar-refractivity contribution in [2.24, 2.45) is 0 Å². The predicted molar refractivity (Wildman–Crippen MR) is 63.3 cm³/mol. The molecule has 1 aromatic carbocycles. The first kappa shape index (κ1) is 11.0. The lowest BCUT2D eigenvalue weighted by molar-refractivity contribution is 0.0257. The molecule has 0 aromatic heterocycles. The Morgan fingerprint density at radius 3 is 2.33 bits per heavy atom. The summed E-state index contributed by atoms with van der Waals surface area (Å²) in [4.78, 5) is 0. The molecule has 1 aliphatic rings. The van der Waals surface area contributed by atoms with Crippen molar-refractivity contribution in [2.75, 3.05) is 0 Å². The Hall–Kier alpha value is -0.530. The molecule has 0 radical (unpaired) electrons. The minimum Gasteiger partial charge on any atom is -0.392 e. The van der Waals surface area contributed by atoms with Gasteiger partial charge in [0, 0.05) is 10.4 Å². The van der Waals surface area contributed by atoms with Crippen LogP contribution in [0.25, 0.3) is 0 Å². The van der Waals surface area contributed by atoms with Gasteiger partial charge < -0.3 is 5.11 Å². The van der Waals surface area contributed by atoms with Gasteiger partial charge in [-0.3, -0.25) is 0 Å². The monoisotopic (exact) mass is 224 g/mol. The summed E-state index contributed by atoms with van der Waals surface area (Å²) in [6.45, 7) is 2.04. The molecule has 0 bridgehead atoms. The minimum atomic E-state index is -0.215. The van der Waals surface area contributed by atoms with Crippen LogP contribution in [-0.4, -0.2) is 11.2 Å². The van der Waals surface area contributed by atoms with Gasteiger partial charge in [-0.2, -0.15) is 0 Å². The Morgan fingerprint density at radius 1 is 1.33 bits per heavy atom. The average Bonchev–Trinajstić information content (AvgIpc) is 2.19. The molecule has 1 N–H and O–H groups in total. The molecule has 1 fully saturated rings.